The lowest BCUT2D eigenvalue weighted by molar-refractivity contribution is -0.120. The van der Waals surface area contributed by atoms with Crippen molar-refractivity contribution >= 4 is 23.1 Å². The maximum Gasteiger partial charge on any atom is 0.190 e. The van der Waals surface area contributed by atoms with E-state index in [0.29, 0.717) is 10.7 Å². The van der Waals surface area contributed by atoms with Crippen molar-refractivity contribution in [1.29, 1.82) is 0 Å². The van der Waals surface area contributed by atoms with Gasteiger partial charge in [-0.15, -0.1) is 5.11 Å². The number of hydrogen-bond donors (Lipinski definition) is 1. The monoisotopic (exact) mass is 304 g/mol. The molecule has 2 aliphatic rings. The average Bonchev–Trinajstić information content (AvgIpc) is 2.73. The molecule has 0 amide bonds. The van der Waals surface area contributed by atoms with Gasteiger partial charge in [-0.3, -0.25) is 4.79 Å². The van der Waals surface area contributed by atoms with Gasteiger partial charge in [0.05, 0.1) is 5.69 Å². The third-order valence-corrected chi connectivity index (χ3v) is 4.76. The molecule has 110 valence electrons. The van der Waals surface area contributed by atoms with Gasteiger partial charge in [-0.25, -0.2) is 0 Å². The van der Waals surface area contributed by atoms with Crippen molar-refractivity contribution in [1.82, 2.24) is 0 Å². The maximum atomic E-state index is 12.3. The van der Waals surface area contributed by atoms with E-state index in [2.05, 4.69) is 10.2 Å². The smallest absolute Gasteiger partial charge is 0.190 e. The molecule has 1 N–H and O–H groups in total. The largest absolute Gasteiger partial charge is 0.510 e. The van der Waals surface area contributed by atoms with Crippen LogP contribution in [0.1, 0.15) is 31.2 Å². The zero-order valence-electron chi connectivity index (χ0n) is 11.8. The molecule has 0 spiro atoms. The minimum atomic E-state index is -0.102. The van der Waals surface area contributed by atoms with E-state index in [4.69, 9.17) is 11.6 Å². The quantitative estimate of drug-likeness (QED) is 0.791. The van der Waals surface area contributed by atoms with Crippen LogP contribution in [-0.4, -0.2) is 10.9 Å². The highest BCUT2D eigenvalue weighted by Gasteiger charge is 2.43. The van der Waals surface area contributed by atoms with E-state index in [9.17, 15) is 9.90 Å². The maximum absolute atomic E-state index is 12.3. The van der Waals surface area contributed by atoms with Crippen molar-refractivity contribution in [2.75, 3.05) is 0 Å². The number of nitrogens with zero attached hydrogens (tertiary/aromatic N) is 2. The van der Waals surface area contributed by atoms with E-state index in [1.807, 2.05) is 13.0 Å². The van der Waals surface area contributed by atoms with Gasteiger partial charge < -0.3 is 5.11 Å². The average molecular weight is 305 g/mol. The molecule has 1 aromatic rings. The van der Waals surface area contributed by atoms with Gasteiger partial charge in [0, 0.05) is 16.9 Å². The van der Waals surface area contributed by atoms with Crippen molar-refractivity contribution in [3.63, 3.8) is 0 Å². The summed E-state index contributed by atoms with van der Waals surface area (Å²) in [7, 11) is 0. The summed E-state index contributed by atoms with van der Waals surface area (Å²) >= 11 is 6.04. The van der Waals surface area contributed by atoms with Gasteiger partial charge in [-0.1, -0.05) is 30.5 Å². The zero-order valence-corrected chi connectivity index (χ0v) is 12.6. The molecule has 0 aliphatic heterocycles. The van der Waals surface area contributed by atoms with E-state index < -0.39 is 0 Å². The lowest BCUT2D eigenvalue weighted by atomic mass is 9.80. The van der Waals surface area contributed by atoms with Crippen LogP contribution in [0.15, 0.2) is 39.9 Å². The molecule has 0 heterocycles. The van der Waals surface area contributed by atoms with E-state index >= 15 is 0 Å². The normalized spacial score (nSPS) is 25.7. The van der Waals surface area contributed by atoms with E-state index in [-0.39, 0.29) is 29.1 Å². The van der Waals surface area contributed by atoms with Gasteiger partial charge in [0.25, 0.3) is 0 Å². The number of rotatable bonds is 2. The minimum absolute atomic E-state index is 0.0539. The Hall–Kier alpha value is -1.68. The van der Waals surface area contributed by atoms with E-state index in [0.717, 1.165) is 31.2 Å². The first-order chi connectivity index (χ1) is 10.1. The van der Waals surface area contributed by atoms with Crippen LogP contribution in [0, 0.1) is 18.8 Å². The number of allylic oxidation sites excluding steroid dienone is 2. The molecule has 4 nitrogen and oxygen atoms in total. The summed E-state index contributed by atoms with van der Waals surface area (Å²) in [5.74, 6) is -0.109. The van der Waals surface area contributed by atoms with Crippen LogP contribution in [0.2, 0.25) is 5.02 Å². The van der Waals surface area contributed by atoms with Gasteiger partial charge in [0.2, 0.25) is 0 Å². The van der Waals surface area contributed by atoms with Gasteiger partial charge in [0.1, 0.15) is 5.76 Å². The van der Waals surface area contributed by atoms with Crippen LogP contribution >= 0.6 is 11.6 Å². The highest BCUT2D eigenvalue weighted by atomic mass is 35.5. The highest BCUT2D eigenvalue weighted by molar-refractivity contribution is 6.31. The Bertz CT molecular complexity index is 652. The molecule has 5 heteroatoms. The van der Waals surface area contributed by atoms with Crippen LogP contribution in [0.5, 0.6) is 0 Å². The minimum Gasteiger partial charge on any atom is -0.510 e. The van der Waals surface area contributed by atoms with Crippen LogP contribution in [0.25, 0.3) is 0 Å². The molecule has 1 aromatic carbocycles. The van der Waals surface area contributed by atoms with Crippen LogP contribution in [-0.2, 0) is 4.79 Å². The first kappa shape index (κ1) is 14.3. The Morgan fingerprint density at radius 1 is 1.19 bits per heavy atom. The van der Waals surface area contributed by atoms with Crippen LogP contribution < -0.4 is 0 Å². The number of carbonyl (C=O) groups is 1. The summed E-state index contributed by atoms with van der Waals surface area (Å²) in [6, 6.07) is 5.33. The number of hydrogen-bond acceptors (Lipinski definition) is 4. The molecular formula is C16H17ClN2O2. The molecular weight excluding hydrogens is 288 g/mol. The molecule has 3 rings (SSSR count). The molecule has 1 saturated carbocycles. The number of aliphatic hydroxyl groups is 1. The summed E-state index contributed by atoms with van der Waals surface area (Å²) in [5, 5.41) is 18.9. The molecule has 1 fully saturated rings. The second-order valence-corrected chi connectivity index (χ2v) is 6.14. The summed E-state index contributed by atoms with van der Waals surface area (Å²) in [5.41, 5.74) is 1.66. The number of Topliss-reactive ketones (excluding diaryl/α,β-unsaturated/α-hetero) is 1. The predicted octanol–water partition coefficient (Wildman–Crippen LogP) is 4.89. The third-order valence-electron chi connectivity index (χ3n) is 4.35. The summed E-state index contributed by atoms with van der Waals surface area (Å²) in [6.07, 6.45) is 3.79. The first-order valence-electron chi connectivity index (χ1n) is 7.23. The molecule has 2 aliphatic carbocycles. The second kappa shape index (κ2) is 5.60. The second-order valence-electron chi connectivity index (χ2n) is 5.73. The molecule has 2 atom stereocenters. The van der Waals surface area contributed by atoms with Crippen molar-refractivity contribution in [2.45, 2.75) is 32.6 Å². The predicted molar refractivity (Wildman–Crippen MR) is 80.8 cm³/mol. The van der Waals surface area contributed by atoms with Crippen molar-refractivity contribution < 1.29 is 9.90 Å². The van der Waals surface area contributed by atoms with Crippen molar-refractivity contribution in [2.24, 2.45) is 22.1 Å². The third kappa shape index (κ3) is 2.60. The summed E-state index contributed by atoms with van der Waals surface area (Å²) in [4.78, 5) is 12.3. The highest BCUT2D eigenvalue weighted by Crippen LogP contribution is 2.43. The number of halogens is 1. The number of carbonyl (C=O) groups excluding carboxylic acids is 1. The number of fused-ring (bicyclic) bond motifs is 1. The molecule has 0 bridgehead atoms. The Morgan fingerprint density at radius 2 is 1.90 bits per heavy atom. The molecule has 2 unspecified atom stereocenters. The Morgan fingerprint density at radius 3 is 2.57 bits per heavy atom. The molecule has 21 heavy (non-hydrogen) atoms. The Kier molecular flexibility index (Phi) is 3.81. The lowest BCUT2D eigenvalue weighted by Crippen LogP contribution is -2.21. The van der Waals surface area contributed by atoms with Gasteiger partial charge in [-0.05, 0) is 37.5 Å². The van der Waals surface area contributed by atoms with Crippen LogP contribution in [0.3, 0.4) is 0 Å². The number of ketones is 1. The number of azo groups is 1. The van der Waals surface area contributed by atoms with Crippen molar-refractivity contribution in [3.05, 3.63) is 40.2 Å². The van der Waals surface area contributed by atoms with Gasteiger partial charge >= 0.3 is 0 Å². The van der Waals surface area contributed by atoms with E-state index in [1.165, 1.54) is 0 Å². The number of benzene rings is 1. The van der Waals surface area contributed by atoms with Gasteiger partial charge in [0.15, 0.2) is 11.5 Å². The fraction of sp³-hybridized carbons (Fsp3) is 0.438. The SMILES string of the molecule is Cc1ccc(N=NC2=C(O)C3CCCCC3C2=O)cc1Cl. The standard InChI is InChI=1S/C16H17ClN2O2/c1-9-6-7-10(8-13(9)17)18-19-14-15(20)11-4-2-3-5-12(11)16(14)21/h6-8,11-12,20H,2-5H2,1H3. The number of aryl methyl sites for hydroxylation is 1. The van der Waals surface area contributed by atoms with Crippen LogP contribution in [0.4, 0.5) is 5.69 Å². The van der Waals surface area contributed by atoms with Crippen molar-refractivity contribution in [3.8, 4) is 0 Å². The van der Waals surface area contributed by atoms with Gasteiger partial charge in [-0.2, -0.15) is 5.11 Å². The zero-order chi connectivity index (χ0) is 15.0. The topological polar surface area (TPSA) is 62.0 Å². The molecule has 0 aromatic heterocycles. The summed E-state index contributed by atoms with van der Waals surface area (Å²) < 4.78 is 0. The van der Waals surface area contributed by atoms with E-state index in [1.54, 1.807) is 12.1 Å². The fourth-order valence-corrected chi connectivity index (χ4v) is 3.28. The Balaban J connectivity index is 1.86. The fourth-order valence-electron chi connectivity index (χ4n) is 3.10. The molecule has 0 saturated heterocycles. The first-order valence-corrected chi connectivity index (χ1v) is 7.61. The Labute approximate surface area is 128 Å². The lowest BCUT2D eigenvalue weighted by Gasteiger charge is -2.23. The summed E-state index contributed by atoms with van der Waals surface area (Å²) in [6.45, 7) is 1.91. The number of aliphatic hydroxyl groups excluding tert-OH is 1. The molecule has 0 radical (unpaired) electrons.